The normalized spacial score (nSPS) is 23.0. The smallest absolute Gasteiger partial charge is 0.226 e. The minimum Gasteiger partial charge on any atom is -0.367 e. The van der Waals surface area contributed by atoms with Crippen LogP contribution in [0, 0.1) is 5.92 Å². The molecule has 3 rings (SSSR count). The molecular weight excluding hydrogens is 280 g/mol. The van der Waals surface area contributed by atoms with Crippen LogP contribution in [0.2, 0.25) is 0 Å². The summed E-state index contributed by atoms with van der Waals surface area (Å²) in [7, 11) is 0. The lowest BCUT2D eigenvalue weighted by atomic mass is 10.0. The molecule has 0 aliphatic heterocycles. The van der Waals surface area contributed by atoms with Crippen molar-refractivity contribution in [1.29, 1.82) is 0 Å². The molecule has 2 aromatic heterocycles. The lowest BCUT2D eigenvalue weighted by Gasteiger charge is -2.18. The zero-order valence-electron chi connectivity index (χ0n) is 12.9. The molecule has 2 N–H and O–H groups in total. The maximum atomic E-state index is 4.68. The fraction of sp³-hybridized carbons (Fsp3) is 0.625. The quantitative estimate of drug-likeness (QED) is 0.816. The van der Waals surface area contributed by atoms with Gasteiger partial charge in [0.05, 0.1) is 5.39 Å². The predicted octanol–water partition coefficient (Wildman–Crippen LogP) is 4.50. The lowest BCUT2D eigenvalue weighted by Crippen LogP contribution is -2.20. The van der Waals surface area contributed by atoms with Gasteiger partial charge in [0.25, 0.3) is 0 Å². The Morgan fingerprint density at radius 3 is 3.00 bits per heavy atom. The van der Waals surface area contributed by atoms with Crippen LogP contribution in [0.4, 0.5) is 11.8 Å². The molecule has 0 aromatic carbocycles. The molecule has 0 radical (unpaired) electrons. The first-order valence-corrected chi connectivity index (χ1v) is 8.90. The Bertz CT molecular complexity index is 595. The number of hydrogen-bond donors (Lipinski definition) is 2. The van der Waals surface area contributed by atoms with Crippen LogP contribution < -0.4 is 10.6 Å². The van der Waals surface area contributed by atoms with Crippen LogP contribution in [-0.4, -0.2) is 22.6 Å². The molecule has 1 saturated carbocycles. The van der Waals surface area contributed by atoms with Crippen molar-refractivity contribution in [1.82, 2.24) is 9.97 Å². The van der Waals surface area contributed by atoms with E-state index in [2.05, 4.69) is 45.9 Å². The van der Waals surface area contributed by atoms with E-state index in [1.54, 1.807) is 11.3 Å². The molecule has 4 nitrogen and oxygen atoms in total. The number of anilines is 2. The zero-order valence-corrected chi connectivity index (χ0v) is 13.7. The standard InChI is InChI=1S/C16H24N4S/c1-3-17-16-19-14(13-9-10-21-15(13)20-16)18-12-6-4-5-11(2)7-8-12/h9-12H,3-8H2,1-2H3,(H2,17,18,19,20). The van der Waals surface area contributed by atoms with Gasteiger partial charge in [-0.25, -0.2) is 4.98 Å². The summed E-state index contributed by atoms with van der Waals surface area (Å²) >= 11 is 1.68. The summed E-state index contributed by atoms with van der Waals surface area (Å²) in [6.45, 7) is 5.28. The van der Waals surface area contributed by atoms with E-state index in [-0.39, 0.29) is 0 Å². The van der Waals surface area contributed by atoms with Gasteiger partial charge in [-0.05, 0) is 43.6 Å². The average Bonchev–Trinajstić information content (AvgIpc) is 2.84. The summed E-state index contributed by atoms with van der Waals surface area (Å²) in [5, 5.41) is 10.2. The first kappa shape index (κ1) is 14.6. The number of thiophene rings is 1. The van der Waals surface area contributed by atoms with Gasteiger partial charge >= 0.3 is 0 Å². The van der Waals surface area contributed by atoms with E-state index < -0.39 is 0 Å². The van der Waals surface area contributed by atoms with E-state index in [0.29, 0.717) is 6.04 Å². The zero-order chi connectivity index (χ0) is 14.7. The molecule has 21 heavy (non-hydrogen) atoms. The molecule has 2 heterocycles. The van der Waals surface area contributed by atoms with Gasteiger partial charge < -0.3 is 10.6 Å². The number of nitrogens with zero attached hydrogens (tertiary/aromatic N) is 2. The maximum absolute atomic E-state index is 4.68. The maximum Gasteiger partial charge on any atom is 0.226 e. The Morgan fingerprint density at radius 2 is 2.14 bits per heavy atom. The highest BCUT2D eigenvalue weighted by Gasteiger charge is 2.18. The Labute approximate surface area is 130 Å². The number of hydrogen-bond acceptors (Lipinski definition) is 5. The van der Waals surface area contributed by atoms with Crippen LogP contribution in [0.25, 0.3) is 10.2 Å². The van der Waals surface area contributed by atoms with Crippen LogP contribution in [-0.2, 0) is 0 Å². The van der Waals surface area contributed by atoms with Gasteiger partial charge in [-0.15, -0.1) is 11.3 Å². The van der Waals surface area contributed by atoms with Crippen molar-refractivity contribution in [2.45, 2.75) is 52.0 Å². The fourth-order valence-corrected chi connectivity index (χ4v) is 3.79. The van der Waals surface area contributed by atoms with Gasteiger partial charge in [0, 0.05) is 12.6 Å². The van der Waals surface area contributed by atoms with E-state index in [4.69, 9.17) is 0 Å². The van der Waals surface area contributed by atoms with E-state index in [9.17, 15) is 0 Å². The Kier molecular flexibility index (Phi) is 4.58. The second kappa shape index (κ2) is 6.60. The average molecular weight is 304 g/mol. The van der Waals surface area contributed by atoms with E-state index >= 15 is 0 Å². The molecule has 0 saturated heterocycles. The number of nitrogens with one attached hydrogen (secondary N) is 2. The van der Waals surface area contributed by atoms with Crippen molar-refractivity contribution < 1.29 is 0 Å². The highest BCUT2D eigenvalue weighted by molar-refractivity contribution is 7.16. The molecule has 0 spiro atoms. The summed E-state index contributed by atoms with van der Waals surface area (Å²) in [5.74, 6) is 2.59. The first-order valence-electron chi connectivity index (χ1n) is 8.02. The predicted molar refractivity (Wildman–Crippen MR) is 91.2 cm³/mol. The van der Waals surface area contributed by atoms with Crippen LogP contribution in [0.15, 0.2) is 11.4 Å². The summed E-state index contributed by atoms with van der Waals surface area (Å²) in [6, 6.07) is 2.67. The number of fused-ring (bicyclic) bond motifs is 1. The van der Waals surface area contributed by atoms with Gasteiger partial charge in [0.2, 0.25) is 5.95 Å². The van der Waals surface area contributed by atoms with Gasteiger partial charge in [0.1, 0.15) is 10.6 Å². The third-order valence-electron chi connectivity index (χ3n) is 4.26. The van der Waals surface area contributed by atoms with Crippen molar-refractivity contribution in [3.05, 3.63) is 11.4 Å². The molecule has 5 heteroatoms. The highest BCUT2D eigenvalue weighted by Crippen LogP contribution is 2.30. The minimum atomic E-state index is 0.544. The summed E-state index contributed by atoms with van der Waals surface area (Å²) < 4.78 is 0. The van der Waals surface area contributed by atoms with E-state index in [1.807, 2.05) is 0 Å². The molecule has 114 valence electrons. The van der Waals surface area contributed by atoms with Crippen molar-refractivity contribution in [2.75, 3.05) is 17.2 Å². The molecule has 2 aromatic rings. The van der Waals surface area contributed by atoms with Gasteiger partial charge in [0.15, 0.2) is 0 Å². The summed E-state index contributed by atoms with van der Waals surface area (Å²) in [4.78, 5) is 10.3. The van der Waals surface area contributed by atoms with Gasteiger partial charge in [-0.3, -0.25) is 0 Å². The minimum absolute atomic E-state index is 0.544. The van der Waals surface area contributed by atoms with Crippen LogP contribution in [0.5, 0.6) is 0 Å². The SMILES string of the molecule is CCNc1nc(NC2CCCC(C)CC2)c2ccsc2n1. The second-order valence-corrected chi connectivity index (χ2v) is 6.91. The summed E-state index contributed by atoms with van der Waals surface area (Å²) in [6.07, 6.45) is 6.48. The Morgan fingerprint density at radius 1 is 1.24 bits per heavy atom. The van der Waals surface area contributed by atoms with Crippen molar-refractivity contribution in [3.63, 3.8) is 0 Å². The van der Waals surface area contributed by atoms with Crippen LogP contribution in [0.3, 0.4) is 0 Å². The first-order chi connectivity index (χ1) is 10.3. The third-order valence-corrected chi connectivity index (χ3v) is 5.06. The number of rotatable bonds is 4. The molecule has 1 aliphatic rings. The molecule has 2 unspecified atom stereocenters. The van der Waals surface area contributed by atoms with Gasteiger partial charge in [-0.1, -0.05) is 19.8 Å². The van der Waals surface area contributed by atoms with Crippen LogP contribution >= 0.6 is 11.3 Å². The highest BCUT2D eigenvalue weighted by atomic mass is 32.1. The largest absolute Gasteiger partial charge is 0.367 e. The van der Waals surface area contributed by atoms with Crippen molar-refractivity contribution in [2.24, 2.45) is 5.92 Å². The topological polar surface area (TPSA) is 49.8 Å². The van der Waals surface area contributed by atoms with Crippen molar-refractivity contribution in [3.8, 4) is 0 Å². The molecule has 1 aliphatic carbocycles. The van der Waals surface area contributed by atoms with Crippen LogP contribution in [0.1, 0.15) is 46.0 Å². The molecular formula is C16H24N4S. The second-order valence-electron chi connectivity index (χ2n) is 6.02. The van der Waals surface area contributed by atoms with E-state index in [1.165, 1.54) is 32.1 Å². The van der Waals surface area contributed by atoms with Crippen molar-refractivity contribution >= 4 is 33.3 Å². The molecule has 1 fully saturated rings. The molecule has 0 bridgehead atoms. The van der Waals surface area contributed by atoms with E-state index in [0.717, 1.165) is 34.4 Å². The Balaban J connectivity index is 1.83. The summed E-state index contributed by atoms with van der Waals surface area (Å²) in [5.41, 5.74) is 0. The number of aromatic nitrogens is 2. The van der Waals surface area contributed by atoms with Gasteiger partial charge in [-0.2, -0.15) is 4.98 Å². The molecule has 2 atom stereocenters. The third kappa shape index (κ3) is 3.46. The lowest BCUT2D eigenvalue weighted by molar-refractivity contribution is 0.502. The molecule has 0 amide bonds. The Hall–Kier alpha value is -1.36. The monoisotopic (exact) mass is 304 g/mol. The fourth-order valence-electron chi connectivity index (χ4n) is 3.03.